The predicted molar refractivity (Wildman–Crippen MR) is 61.1 cm³/mol. The van der Waals surface area contributed by atoms with Crippen LogP contribution in [-0.4, -0.2) is 15.2 Å². The van der Waals surface area contributed by atoms with Crippen LogP contribution in [0.3, 0.4) is 0 Å². The molecule has 0 radical (unpaired) electrons. The van der Waals surface area contributed by atoms with Gasteiger partial charge in [-0.05, 0) is 6.42 Å². The molecule has 0 amide bonds. The number of nitrogens with zero attached hydrogens (tertiary/aromatic N) is 3. The molecule has 0 aromatic carbocycles. The predicted octanol–water partition coefficient (Wildman–Crippen LogP) is 3.72. The van der Waals surface area contributed by atoms with E-state index in [9.17, 15) is 8.78 Å². The van der Waals surface area contributed by atoms with Crippen molar-refractivity contribution in [3.05, 3.63) is 17.0 Å². The fourth-order valence-corrected chi connectivity index (χ4v) is 1.75. The van der Waals surface area contributed by atoms with Crippen LogP contribution in [0, 0.1) is 0 Å². The summed E-state index contributed by atoms with van der Waals surface area (Å²) in [6.45, 7) is 5.98. The van der Waals surface area contributed by atoms with Gasteiger partial charge in [-0.25, -0.2) is 4.98 Å². The highest BCUT2D eigenvalue weighted by atomic mass is 32.1. The van der Waals surface area contributed by atoms with Gasteiger partial charge in [0.1, 0.15) is 0 Å². The van der Waals surface area contributed by atoms with E-state index in [1.807, 2.05) is 20.8 Å². The first-order valence-corrected chi connectivity index (χ1v) is 6.09. The van der Waals surface area contributed by atoms with E-state index in [-0.39, 0.29) is 5.89 Å². The maximum absolute atomic E-state index is 12.2. The van der Waals surface area contributed by atoms with Gasteiger partial charge in [-0.15, -0.1) is 21.5 Å². The Morgan fingerprint density at radius 3 is 2.53 bits per heavy atom. The number of halogens is 2. The quantitative estimate of drug-likeness (QED) is 0.845. The highest BCUT2D eigenvalue weighted by Gasteiger charge is 2.18. The summed E-state index contributed by atoms with van der Waals surface area (Å²) in [4.78, 5) is 5.05. The normalized spacial score (nSPS) is 10.2. The van der Waals surface area contributed by atoms with Gasteiger partial charge in [0.05, 0.1) is 0 Å². The van der Waals surface area contributed by atoms with Crippen molar-refractivity contribution in [3.8, 4) is 10.9 Å². The van der Waals surface area contributed by atoms with Crippen LogP contribution in [0.1, 0.15) is 38.0 Å². The van der Waals surface area contributed by atoms with E-state index < -0.39 is 12.3 Å². The van der Waals surface area contributed by atoms with Crippen molar-refractivity contribution in [1.82, 2.24) is 15.2 Å². The lowest BCUT2D eigenvalue weighted by atomic mass is 10.4. The Morgan fingerprint density at radius 2 is 2.06 bits per heavy atom. The lowest BCUT2D eigenvalue weighted by Gasteiger charge is -1.87. The van der Waals surface area contributed by atoms with Crippen molar-refractivity contribution >= 4 is 11.3 Å². The van der Waals surface area contributed by atoms with Gasteiger partial charge in [-0.1, -0.05) is 20.8 Å². The zero-order valence-corrected chi connectivity index (χ0v) is 10.6. The molecule has 2 heterocycles. The van der Waals surface area contributed by atoms with Crippen LogP contribution in [0.2, 0.25) is 0 Å². The molecule has 0 saturated heterocycles. The van der Waals surface area contributed by atoms with E-state index in [1.165, 1.54) is 11.3 Å². The molecule has 0 aliphatic heterocycles. The molecule has 2 aromatic heterocycles. The highest BCUT2D eigenvalue weighted by Crippen LogP contribution is 2.26. The molecular weight excluding hydrogens is 248 g/mol. The first kappa shape index (κ1) is 13.7. The Bertz CT molecular complexity index is 456. The fraction of sp³-hybridized carbons (Fsp3) is 0.500. The Kier molecular flexibility index (Phi) is 5.14. The Hall–Kier alpha value is -1.37. The maximum atomic E-state index is 12.2. The van der Waals surface area contributed by atoms with E-state index in [2.05, 4.69) is 15.2 Å². The SMILES string of the molecule is CC.CCc1cnc(-c2nnc(C(F)F)o2)s1. The summed E-state index contributed by atoms with van der Waals surface area (Å²) in [7, 11) is 0. The third-order valence-corrected chi connectivity index (χ3v) is 2.84. The Balaban J connectivity index is 0.000000686. The van der Waals surface area contributed by atoms with Crippen LogP contribution in [0.5, 0.6) is 0 Å². The number of aryl methyl sites for hydroxylation is 1. The van der Waals surface area contributed by atoms with Gasteiger partial charge in [-0.3, -0.25) is 0 Å². The first-order valence-electron chi connectivity index (χ1n) is 5.27. The molecular formula is C10H13F2N3OS. The van der Waals surface area contributed by atoms with E-state index in [4.69, 9.17) is 4.42 Å². The molecule has 17 heavy (non-hydrogen) atoms. The second-order valence-corrected chi connectivity index (χ2v) is 3.85. The Labute approximate surface area is 102 Å². The van der Waals surface area contributed by atoms with Crippen molar-refractivity contribution in [3.63, 3.8) is 0 Å². The molecule has 0 aliphatic carbocycles. The van der Waals surface area contributed by atoms with Gasteiger partial charge < -0.3 is 4.42 Å². The second kappa shape index (κ2) is 6.39. The molecule has 0 bridgehead atoms. The minimum atomic E-state index is -2.74. The highest BCUT2D eigenvalue weighted by molar-refractivity contribution is 7.14. The minimum absolute atomic E-state index is 0.0509. The third kappa shape index (κ3) is 3.29. The fourth-order valence-electron chi connectivity index (χ4n) is 0.979. The zero-order valence-electron chi connectivity index (χ0n) is 9.78. The molecule has 2 rings (SSSR count). The number of aromatic nitrogens is 3. The van der Waals surface area contributed by atoms with Gasteiger partial charge >= 0.3 is 6.43 Å². The van der Waals surface area contributed by atoms with E-state index in [0.717, 1.165) is 11.3 Å². The standard InChI is InChI=1S/C8H7F2N3OS.C2H6/c1-2-4-3-11-8(15-4)7-13-12-6(14-7)5(9)10;1-2/h3,5H,2H2,1H3;1-2H3. The van der Waals surface area contributed by atoms with E-state index >= 15 is 0 Å². The number of hydrogen-bond acceptors (Lipinski definition) is 5. The molecule has 4 nitrogen and oxygen atoms in total. The topological polar surface area (TPSA) is 51.8 Å². The first-order chi connectivity index (χ1) is 8.20. The number of rotatable bonds is 3. The third-order valence-electron chi connectivity index (χ3n) is 1.71. The summed E-state index contributed by atoms with van der Waals surface area (Å²) in [6, 6.07) is 0. The molecule has 0 atom stereocenters. The van der Waals surface area contributed by atoms with Crippen molar-refractivity contribution in [2.75, 3.05) is 0 Å². The molecule has 0 saturated carbocycles. The van der Waals surface area contributed by atoms with Gasteiger partial charge in [0.2, 0.25) is 0 Å². The molecule has 94 valence electrons. The van der Waals surface area contributed by atoms with E-state index in [1.54, 1.807) is 6.20 Å². The zero-order chi connectivity index (χ0) is 12.8. The average Bonchev–Trinajstić information content (AvgIpc) is 3.00. The molecule has 0 unspecified atom stereocenters. The molecule has 0 aliphatic rings. The Morgan fingerprint density at radius 1 is 1.35 bits per heavy atom. The van der Waals surface area contributed by atoms with Crippen molar-refractivity contribution in [2.45, 2.75) is 33.6 Å². The lowest BCUT2D eigenvalue weighted by molar-refractivity contribution is 0.116. The summed E-state index contributed by atoms with van der Waals surface area (Å²) >= 11 is 1.36. The average molecular weight is 261 g/mol. The van der Waals surface area contributed by atoms with Crippen molar-refractivity contribution in [2.24, 2.45) is 0 Å². The molecule has 2 aromatic rings. The number of thiazole rings is 1. The van der Waals surface area contributed by atoms with Crippen molar-refractivity contribution < 1.29 is 13.2 Å². The summed E-state index contributed by atoms with van der Waals surface area (Å²) in [5.41, 5.74) is 0. The van der Waals surface area contributed by atoms with Crippen LogP contribution in [-0.2, 0) is 6.42 Å². The van der Waals surface area contributed by atoms with Gasteiger partial charge in [-0.2, -0.15) is 8.78 Å². The van der Waals surface area contributed by atoms with Crippen LogP contribution >= 0.6 is 11.3 Å². The molecule has 7 heteroatoms. The smallest absolute Gasteiger partial charge is 0.314 e. The maximum Gasteiger partial charge on any atom is 0.314 e. The van der Waals surface area contributed by atoms with Gasteiger partial charge in [0, 0.05) is 11.1 Å². The van der Waals surface area contributed by atoms with Crippen LogP contribution in [0.4, 0.5) is 8.78 Å². The number of alkyl halides is 2. The number of hydrogen-bond donors (Lipinski definition) is 0. The largest absolute Gasteiger partial charge is 0.413 e. The van der Waals surface area contributed by atoms with Crippen molar-refractivity contribution in [1.29, 1.82) is 0 Å². The summed E-state index contributed by atoms with van der Waals surface area (Å²) < 4.78 is 29.1. The summed E-state index contributed by atoms with van der Waals surface area (Å²) in [6.07, 6.45) is -0.225. The lowest BCUT2D eigenvalue weighted by Crippen LogP contribution is -1.81. The van der Waals surface area contributed by atoms with Crippen LogP contribution in [0.25, 0.3) is 10.9 Å². The molecule has 0 N–H and O–H groups in total. The van der Waals surface area contributed by atoms with Gasteiger partial charge in [0.15, 0.2) is 5.01 Å². The second-order valence-electron chi connectivity index (χ2n) is 2.73. The summed E-state index contributed by atoms with van der Waals surface area (Å²) in [5.74, 6) is -0.617. The summed E-state index contributed by atoms with van der Waals surface area (Å²) in [5, 5.41) is 7.21. The van der Waals surface area contributed by atoms with E-state index in [0.29, 0.717) is 5.01 Å². The molecule has 0 spiro atoms. The minimum Gasteiger partial charge on any atom is -0.413 e. The molecule has 0 fully saturated rings. The van der Waals surface area contributed by atoms with Crippen LogP contribution in [0.15, 0.2) is 10.6 Å². The van der Waals surface area contributed by atoms with Crippen LogP contribution < -0.4 is 0 Å². The monoisotopic (exact) mass is 261 g/mol. The van der Waals surface area contributed by atoms with Gasteiger partial charge in [0.25, 0.3) is 11.8 Å².